The smallest absolute Gasteiger partial charge is 0.00747 e. The van der Waals surface area contributed by atoms with Crippen LogP contribution in [0.2, 0.25) is 0 Å². The van der Waals surface area contributed by atoms with Gasteiger partial charge in [-0.25, -0.2) is 0 Å². The highest BCUT2D eigenvalue weighted by Gasteiger charge is 2.02. The molecule has 0 heterocycles. The zero-order valence-corrected chi connectivity index (χ0v) is 9.68. The molecular weight excluding hydrogens is 158 g/mol. The molecule has 0 bridgehead atoms. The molecule has 0 fully saturated rings. The maximum Gasteiger partial charge on any atom is -0.00747 e. The third-order valence-corrected chi connectivity index (χ3v) is 3.00. The van der Waals surface area contributed by atoms with Gasteiger partial charge in [-0.3, -0.25) is 0 Å². The van der Waals surface area contributed by atoms with Crippen molar-refractivity contribution in [3.63, 3.8) is 0 Å². The van der Waals surface area contributed by atoms with Gasteiger partial charge >= 0.3 is 0 Å². The average Bonchev–Trinajstić information content (AvgIpc) is 2.12. The highest BCUT2D eigenvalue weighted by Crippen LogP contribution is 2.16. The van der Waals surface area contributed by atoms with E-state index in [4.69, 9.17) is 5.73 Å². The summed E-state index contributed by atoms with van der Waals surface area (Å²) < 4.78 is 0. The molecule has 0 aliphatic heterocycles. The molecule has 0 spiro atoms. The van der Waals surface area contributed by atoms with Crippen LogP contribution in [0, 0.1) is 11.8 Å². The Morgan fingerprint density at radius 1 is 0.923 bits per heavy atom. The molecule has 2 atom stereocenters. The van der Waals surface area contributed by atoms with Gasteiger partial charge in [0.2, 0.25) is 0 Å². The Balaban J connectivity index is 3.15. The van der Waals surface area contributed by atoms with Crippen molar-refractivity contribution in [1.29, 1.82) is 0 Å². The lowest BCUT2D eigenvalue weighted by molar-refractivity contribution is 0.430. The standard InChI is InChI=1S/C12H27N/c1-4-11(2)7-5-6-8-12(3)9-10-13/h11-12H,4-10,13H2,1-3H3. The summed E-state index contributed by atoms with van der Waals surface area (Å²) >= 11 is 0. The van der Waals surface area contributed by atoms with E-state index in [9.17, 15) is 0 Å². The summed E-state index contributed by atoms with van der Waals surface area (Å²) in [5.41, 5.74) is 5.50. The maximum atomic E-state index is 5.50. The largest absolute Gasteiger partial charge is 0.330 e. The van der Waals surface area contributed by atoms with E-state index in [2.05, 4.69) is 20.8 Å². The zero-order valence-electron chi connectivity index (χ0n) is 9.68. The molecule has 0 aliphatic rings. The molecule has 2 unspecified atom stereocenters. The number of hydrogen-bond acceptors (Lipinski definition) is 1. The van der Waals surface area contributed by atoms with Crippen LogP contribution < -0.4 is 5.73 Å². The summed E-state index contributed by atoms with van der Waals surface area (Å²) in [5.74, 6) is 1.76. The van der Waals surface area contributed by atoms with Gasteiger partial charge in [0, 0.05) is 0 Å². The van der Waals surface area contributed by atoms with Crippen LogP contribution in [-0.4, -0.2) is 6.54 Å². The first-order valence-corrected chi connectivity index (χ1v) is 5.90. The first-order valence-electron chi connectivity index (χ1n) is 5.90. The van der Waals surface area contributed by atoms with E-state index >= 15 is 0 Å². The summed E-state index contributed by atoms with van der Waals surface area (Å²) in [4.78, 5) is 0. The van der Waals surface area contributed by atoms with Gasteiger partial charge in [-0.1, -0.05) is 52.9 Å². The molecule has 0 aromatic rings. The van der Waals surface area contributed by atoms with Gasteiger partial charge in [0.1, 0.15) is 0 Å². The summed E-state index contributed by atoms with van der Waals surface area (Å²) in [5, 5.41) is 0. The minimum atomic E-state index is 0.835. The van der Waals surface area contributed by atoms with E-state index in [1.54, 1.807) is 0 Å². The lowest BCUT2D eigenvalue weighted by Gasteiger charge is -2.11. The Kier molecular flexibility index (Phi) is 8.53. The van der Waals surface area contributed by atoms with Crippen molar-refractivity contribution < 1.29 is 0 Å². The number of rotatable bonds is 8. The molecule has 0 saturated heterocycles. The predicted molar refractivity (Wildman–Crippen MR) is 60.8 cm³/mol. The van der Waals surface area contributed by atoms with Crippen LogP contribution >= 0.6 is 0 Å². The zero-order chi connectivity index (χ0) is 10.1. The van der Waals surface area contributed by atoms with Crippen LogP contribution in [-0.2, 0) is 0 Å². The molecule has 0 amide bonds. The average molecular weight is 185 g/mol. The maximum absolute atomic E-state index is 5.50. The van der Waals surface area contributed by atoms with Gasteiger partial charge in [0.05, 0.1) is 0 Å². The molecule has 0 aliphatic carbocycles. The summed E-state index contributed by atoms with van der Waals surface area (Å²) in [6.07, 6.45) is 8.11. The SMILES string of the molecule is CCC(C)CCCCC(C)CCN. The lowest BCUT2D eigenvalue weighted by atomic mass is 9.96. The Hall–Kier alpha value is -0.0400. The van der Waals surface area contributed by atoms with Gasteiger partial charge < -0.3 is 5.73 Å². The Morgan fingerprint density at radius 2 is 1.46 bits per heavy atom. The monoisotopic (exact) mass is 185 g/mol. The van der Waals surface area contributed by atoms with Crippen LogP contribution in [0.4, 0.5) is 0 Å². The van der Waals surface area contributed by atoms with Crippen molar-refractivity contribution in [2.75, 3.05) is 6.54 Å². The van der Waals surface area contributed by atoms with E-state index in [1.165, 1.54) is 38.5 Å². The Bertz CT molecular complexity index is 101. The van der Waals surface area contributed by atoms with Crippen molar-refractivity contribution in [3.8, 4) is 0 Å². The first-order chi connectivity index (χ1) is 6.20. The van der Waals surface area contributed by atoms with Crippen molar-refractivity contribution in [3.05, 3.63) is 0 Å². The second kappa shape index (κ2) is 8.55. The van der Waals surface area contributed by atoms with Gasteiger partial charge in [0.15, 0.2) is 0 Å². The normalized spacial score (nSPS) is 15.7. The van der Waals surface area contributed by atoms with Crippen LogP contribution in [0.15, 0.2) is 0 Å². The molecule has 2 N–H and O–H groups in total. The van der Waals surface area contributed by atoms with Crippen molar-refractivity contribution in [2.24, 2.45) is 17.6 Å². The molecule has 80 valence electrons. The Morgan fingerprint density at radius 3 is 1.92 bits per heavy atom. The van der Waals surface area contributed by atoms with Gasteiger partial charge in [0.25, 0.3) is 0 Å². The molecule has 0 aromatic carbocycles. The van der Waals surface area contributed by atoms with E-state index < -0.39 is 0 Å². The van der Waals surface area contributed by atoms with Crippen molar-refractivity contribution in [1.82, 2.24) is 0 Å². The number of nitrogens with two attached hydrogens (primary N) is 1. The minimum Gasteiger partial charge on any atom is -0.330 e. The molecular formula is C12H27N. The highest BCUT2D eigenvalue weighted by molar-refractivity contribution is 4.56. The molecule has 1 nitrogen and oxygen atoms in total. The van der Waals surface area contributed by atoms with Crippen molar-refractivity contribution >= 4 is 0 Å². The van der Waals surface area contributed by atoms with E-state index in [0.717, 1.165) is 18.4 Å². The fourth-order valence-electron chi connectivity index (χ4n) is 1.62. The van der Waals surface area contributed by atoms with Crippen LogP contribution in [0.3, 0.4) is 0 Å². The number of unbranched alkanes of at least 4 members (excludes halogenated alkanes) is 1. The van der Waals surface area contributed by atoms with Crippen LogP contribution in [0.1, 0.15) is 59.3 Å². The van der Waals surface area contributed by atoms with Crippen LogP contribution in [0.25, 0.3) is 0 Å². The summed E-state index contributed by atoms with van der Waals surface area (Å²) in [7, 11) is 0. The van der Waals surface area contributed by atoms with Gasteiger partial charge in [-0.05, 0) is 24.8 Å². The lowest BCUT2D eigenvalue weighted by Crippen LogP contribution is -2.05. The molecule has 0 aromatic heterocycles. The highest BCUT2D eigenvalue weighted by atomic mass is 14.5. The van der Waals surface area contributed by atoms with E-state index in [0.29, 0.717) is 0 Å². The number of hydrogen-bond donors (Lipinski definition) is 1. The second-order valence-corrected chi connectivity index (χ2v) is 4.48. The van der Waals surface area contributed by atoms with E-state index in [1.807, 2.05) is 0 Å². The third-order valence-electron chi connectivity index (χ3n) is 3.00. The Labute approximate surface area is 84.1 Å². The van der Waals surface area contributed by atoms with Gasteiger partial charge in [-0.2, -0.15) is 0 Å². The van der Waals surface area contributed by atoms with Gasteiger partial charge in [-0.15, -0.1) is 0 Å². The fraction of sp³-hybridized carbons (Fsp3) is 1.00. The topological polar surface area (TPSA) is 26.0 Å². The molecule has 1 heteroatoms. The van der Waals surface area contributed by atoms with E-state index in [-0.39, 0.29) is 0 Å². The van der Waals surface area contributed by atoms with Crippen molar-refractivity contribution in [2.45, 2.75) is 59.3 Å². The first kappa shape index (κ1) is 13.0. The second-order valence-electron chi connectivity index (χ2n) is 4.48. The fourth-order valence-corrected chi connectivity index (χ4v) is 1.62. The minimum absolute atomic E-state index is 0.835. The molecule has 0 radical (unpaired) electrons. The van der Waals surface area contributed by atoms with Crippen LogP contribution in [0.5, 0.6) is 0 Å². The third kappa shape index (κ3) is 8.29. The summed E-state index contributed by atoms with van der Waals surface area (Å²) in [6.45, 7) is 7.80. The predicted octanol–water partition coefficient (Wildman–Crippen LogP) is 3.58. The quantitative estimate of drug-likeness (QED) is 0.575. The molecule has 0 saturated carbocycles. The molecule has 0 rings (SSSR count). The molecule has 13 heavy (non-hydrogen) atoms. The summed E-state index contributed by atoms with van der Waals surface area (Å²) in [6, 6.07) is 0.